The van der Waals surface area contributed by atoms with E-state index in [0.29, 0.717) is 0 Å². The monoisotopic (exact) mass is 278 g/mol. The number of unbranched alkanes of at least 4 members (excludes halogenated alkanes) is 8. The summed E-state index contributed by atoms with van der Waals surface area (Å²) in [7, 11) is 0. The second-order valence-corrected chi connectivity index (χ2v) is 5.08. The summed E-state index contributed by atoms with van der Waals surface area (Å²) in [6.07, 6.45) is 23.7. The lowest BCUT2D eigenvalue weighted by molar-refractivity contribution is -0.131. The van der Waals surface area contributed by atoms with Gasteiger partial charge in [-0.15, -0.1) is 0 Å². The van der Waals surface area contributed by atoms with Crippen LogP contribution in [0.25, 0.3) is 0 Å². The first-order chi connectivity index (χ1) is 9.77. The summed E-state index contributed by atoms with van der Waals surface area (Å²) in [6, 6.07) is 0. The smallest absolute Gasteiger partial charge is 0.328 e. The van der Waals surface area contributed by atoms with Crippen LogP contribution >= 0.6 is 0 Å². The maximum absolute atomic E-state index is 10.2. The van der Waals surface area contributed by atoms with Crippen molar-refractivity contribution in [3.8, 4) is 0 Å². The third-order valence-electron chi connectivity index (χ3n) is 3.12. The number of aliphatic carboxylic acids is 1. The number of hydrogen-bond acceptors (Lipinski definition) is 1. The molecule has 0 bridgehead atoms. The van der Waals surface area contributed by atoms with Gasteiger partial charge in [-0.1, -0.05) is 69.4 Å². The molecule has 0 saturated heterocycles. The molecule has 114 valence electrons. The standard InChI is InChI=1S/C18H30O2/c1-2-3-4-5-6-7-8-9-10-11-12-13-14-15-16-17-18(19)20/h9-10,14-17H,2-8,11-13H2,1H3,(H,19,20)/b10-9?,15-14-,17-16?. The van der Waals surface area contributed by atoms with E-state index in [9.17, 15) is 4.79 Å². The van der Waals surface area contributed by atoms with Crippen LogP contribution in [0.2, 0.25) is 0 Å². The summed E-state index contributed by atoms with van der Waals surface area (Å²) in [5.41, 5.74) is 0. The van der Waals surface area contributed by atoms with E-state index in [-0.39, 0.29) is 0 Å². The fourth-order valence-corrected chi connectivity index (χ4v) is 1.94. The molecule has 0 aromatic carbocycles. The number of carboxylic acid groups (broad SMARTS) is 1. The molecule has 0 aromatic heterocycles. The van der Waals surface area contributed by atoms with Crippen molar-refractivity contribution in [1.29, 1.82) is 0 Å². The minimum atomic E-state index is -0.896. The zero-order valence-electron chi connectivity index (χ0n) is 12.9. The molecule has 0 atom stereocenters. The van der Waals surface area contributed by atoms with Crippen LogP contribution in [0.4, 0.5) is 0 Å². The predicted octanol–water partition coefficient (Wildman–Crippen LogP) is 5.66. The fourth-order valence-electron chi connectivity index (χ4n) is 1.94. The number of carbonyl (C=O) groups is 1. The third kappa shape index (κ3) is 16.7. The Morgan fingerprint density at radius 1 is 0.800 bits per heavy atom. The van der Waals surface area contributed by atoms with Crippen LogP contribution in [0.1, 0.15) is 71.1 Å². The number of carboxylic acids is 1. The maximum Gasteiger partial charge on any atom is 0.328 e. The lowest BCUT2D eigenvalue weighted by atomic mass is 10.1. The van der Waals surface area contributed by atoms with Gasteiger partial charge < -0.3 is 5.11 Å². The van der Waals surface area contributed by atoms with Gasteiger partial charge in [-0.25, -0.2) is 4.79 Å². The number of allylic oxidation sites excluding steroid dienone is 5. The van der Waals surface area contributed by atoms with E-state index in [2.05, 4.69) is 19.1 Å². The highest BCUT2D eigenvalue weighted by molar-refractivity contribution is 5.80. The molecule has 20 heavy (non-hydrogen) atoms. The van der Waals surface area contributed by atoms with Gasteiger partial charge in [0.05, 0.1) is 0 Å². The minimum Gasteiger partial charge on any atom is -0.478 e. The Kier molecular flexibility index (Phi) is 14.7. The Hall–Kier alpha value is -1.31. The molecule has 0 aromatic rings. The Balaban J connectivity index is 3.25. The second kappa shape index (κ2) is 15.7. The van der Waals surface area contributed by atoms with E-state index in [1.165, 1.54) is 44.9 Å². The highest BCUT2D eigenvalue weighted by Gasteiger charge is 1.88. The molecule has 0 saturated carbocycles. The first kappa shape index (κ1) is 18.7. The van der Waals surface area contributed by atoms with Gasteiger partial charge in [-0.3, -0.25) is 0 Å². The van der Waals surface area contributed by atoms with E-state index in [4.69, 9.17) is 5.11 Å². The van der Waals surface area contributed by atoms with E-state index in [0.717, 1.165) is 25.3 Å². The van der Waals surface area contributed by atoms with Crippen molar-refractivity contribution >= 4 is 5.97 Å². The van der Waals surface area contributed by atoms with Crippen LogP contribution in [-0.2, 0) is 4.79 Å². The van der Waals surface area contributed by atoms with Crippen LogP contribution in [0.5, 0.6) is 0 Å². The van der Waals surface area contributed by atoms with Gasteiger partial charge in [0.2, 0.25) is 0 Å². The molecule has 0 aliphatic heterocycles. The summed E-state index contributed by atoms with van der Waals surface area (Å²) in [6.45, 7) is 2.25. The first-order valence-electron chi connectivity index (χ1n) is 7.98. The SMILES string of the molecule is CCCCCCCCC=CCCC/C=C\C=CC(=O)O. The zero-order chi connectivity index (χ0) is 14.9. The number of hydrogen-bond donors (Lipinski definition) is 1. The van der Waals surface area contributed by atoms with E-state index in [1.54, 1.807) is 12.2 Å². The summed E-state index contributed by atoms with van der Waals surface area (Å²) in [4.78, 5) is 10.2. The van der Waals surface area contributed by atoms with Gasteiger partial charge in [0, 0.05) is 6.08 Å². The van der Waals surface area contributed by atoms with Crippen LogP contribution in [0, 0.1) is 0 Å². The zero-order valence-corrected chi connectivity index (χ0v) is 12.9. The molecule has 0 amide bonds. The Morgan fingerprint density at radius 3 is 2.10 bits per heavy atom. The first-order valence-corrected chi connectivity index (χ1v) is 7.98. The second-order valence-electron chi connectivity index (χ2n) is 5.08. The highest BCUT2D eigenvalue weighted by atomic mass is 16.4. The van der Waals surface area contributed by atoms with Crippen LogP contribution in [0.15, 0.2) is 36.5 Å². The van der Waals surface area contributed by atoms with Gasteiger partial charge in [0.1, 0.15) is 0 Å². The minimum absolute atomic E-state index is 0.896. The van der Waals surface area contributed by atoms with Gasteiger partial charge in [0.15, 0.2) is 0 Å². The molecule has 2 heteroatoms. The van der Waals surface area contributed by atoms with Crippen LogP contribution in [0.3, 0.4) is 0 Å². The maximum atomic E-state index is 10.2. The Labute approximate surface area is 124 Å². The molecule has 0 fully saturated rings. The van der Waals surface area contributed by atoms with Crippen LogP contribution in [-0.4, -0.2) is 11.1 Å². The molecule has 0 aliphatic carbocycles. The topological polar surface area (TPSA) is 37.3 Å². The van der Waals surface area contributed by atoms with Crippen molar-refractivity contribution in [1.82, 2.24) is 0 Å². The molecule has 0 spiro atoms. The van der Waals surface area contributed by atoms with Crippen molar-refractivity contribution in [3.63, 3.8) is 0 Å². The molecular weight excluding hydrogens is 248 g/mol. The largest absolute Gasteiger partial charge is 0.478 e. The summed E-state index contributed by atoms with van der Waals surface area (Å²) in [5, 5.41) is 8.39. The quantitative estimate of drug-likeness (QED) is 0.204. The van der Waals surface area contributed by atoms with E-state index in [1.807, 2.05) is 6.08 Å². The fraction of sp³-hybridized carbons (Fsp3) is 0.611. The molecular formula is C18H30O2. The van der Waals surface area contributed by atoms with E-state index < -0.39 is 5.97 Å². The third-order valence-corrected chi connectivity index (χ3v) is 3.12. The molecule has 0 unspecified atom stereocenters. The van der Waals surface area contributed by atoms with Crippen LogP contribution < -0.4 is 0 Å². The van der Waals surface area contributed by atoms with Crippen molar-refractivity contribution in [2.45, 2.75) is 71.1 Å². The van der Waals surface area contributed by atoms with Crippen molar-refractivity contribution in [3.05, 3.63) is 36.5 Å². The van der Waals surface area contributed by atoms with Crippen molar-refractivity contribution in [2.24, 2.45) is 0 Å². The van der Waals surface area contributed by atoms with Gasteiger partial charge in [-0.2, -0.15) is 0 Å². The summed E-state index contributed by atoms with van der Waals surface area (Å²) >= 11 is 0. The molecule has 0 heterocycles. The van der Waals surface area contributed by atoms with Gasteiger partial charge in [0.25, 0.3) is 0 Å². The summed E-state index contributed by atoms with van der Waals surface area (Å²) < 4.78 is 0. The molecule has 0 aliphatic rings. The van der Waals surface area contributed by atoms with Crippen molar-refractivity contribution in [2.75, 3.05) is 0 Å². The van der Waals surface area contributed by atoms with Gasteiger partial charge in [-0.05, 0) is 32.1 Å². The number of rotatable bonds is 13. The van der Waals surface area contributed by atoms with Gasteiger partial charge >= 0.3 is 5.97 Å². The lowest BCUT2D eigenvalue weighted by Gasteiger charge is -1.97. The molecule has 0 radical (unpaired) electrons. The highest BCUT2D eigenvalue weighted by Crippen LogP contribution is 2.07. The predicted molar refractivity (Wildman–Crippen MR) is 86.9 cm³/mol. The summed E-state index contributed by atoms with van der Waals surface area (Å²) in [5.74, 6) is -0.896. The molecule has 2 nitrogen and oxygen atoms in total. The Bertz CT molecular complexity index is 301. The van der Waals surface area contributed by atoms with E-state index >= 15 is 0 Å². The molecule has 1 N–H and O–H groups in total. The lowest BCUT2D eigenvalue weighted by Crippen LogP contribution is -1.84. The van der Waals surface area contributed by atoms with Crippen molar-refractivity contribution < 1.29 is 9.90 Å². The normalized spacial score (nSPS) is 12.1. The average Bonchev–Trinajstić information content (AvgIpc) is 2.43. The Morgan fingerprint density at radius 2 is 1.40 bits per heavy atom. The molecule has 0 rings (SSSR count). The average molecular weight is 278 g/mol.